The summed E-state index contributed by atoms with van der Waals surface area (Å²) in [5, 5.41) is 5.41. The van der Waals surface area contributed by atoms with E-state index in [2.05, 4.69) is 17.0 Å². The van der Waals surface area contributed by atoms with Crippen molar-refractivity contribution in [3.8, 4) is 0 Å². The van der Waals surface area contributed by atoms with E-state index in [1.807, 2.05) is 42.8 Å². The zero-order chi connectivity index (χ0) is 18.2. The molecule has 2 heterocycles. The number of rotatable bonds is 5. The molecule has 1 saturated heterocycles. The minimum atomic E-state index is -2.92. The second-order valence-corrected chi connectivity index (χ2v) is 9.55. The standard InChI is InChI=1S/C18H24ClN3O2S/c1-13-17(11-21(3)10-15-6-4-5-7-18(15)19)14(2)22(20-13)16-8-9-25(23,24)12-16/h4-7,16H,8-12H2,1-3H3/t16-/m0/s1. The molecule has 0 aliphatic carbocycles. The lowest BCUT2D eigenvalue weighted by molar-refractivity contribution is 0.317. The maximum atomic E-state index is 11.8. The van der Waals surface area contributed by atoms with E-state index in [9.17, 15) is 8.42 Å². The minimum Gasteiger partial charge on any atom is -0.298 e. The van der Waals surface area contributed by atoms with Gasteiger partial charge in [-0.25, -0.2) is 8.42 Å². The minimum absolute atomic E-state index is 0.0358. The topological polar surface area (TPSA) is 55.2 Å². The summed E-state index contributed by atoms with van der Waals surface area (Å²) in [7, 11) is -0.863. The van der Waals surface area contributed by atoms with Crippen molar-refractivity contribution >= 4 is 21.4 Å². The fourth-order valence-electron chi connectivity index (χ4n) is 3.49. The molecule has 1 aliphatic rings. The lowest BCUT2D eigenvalue weighted by Crippen LogP contribution is -2.19. The van der Waals surface area contributed by atoms with Crippen LogP contribution in [0.1, 0.15) is 35.0 Å². The van der Waals surface area contributed by atoms with Crippen LogP contribution in [-0.2, 0) is 22.9 Å². The van der Waals surface area contributed by atoms with Crippen molar-refractivity contribution in [1.82, 2.24) is 14.7 Å². The number of aryl methyl sites for hydroxylation is 1. The summed E-state index contributed by atoms with van der Waals surface area (Å²) in [5.41, 5.74) is 4.29. The fraction of sp³-hybridized carbons (Fsp3) is 0.500. The van der Waals surface area contributed by atoms with Crippen LogP contribution in [0.3, 0.4) is 0 Å². The molecule has 1 fully saturated rings. The first kappa shape index (κ1) is 18.4. The second-order valence-electron chi connectivity index (χ2n) is 6.91. The van der Waals surface area contributed by atoms with Crippen LogP contribution in [0.4, 0.5) is 0 Å². The van der Waals surface area contributed by atoms with Crippen molar-refractivity contribution in [3.63, 3.8) is 0 Å². The Morgan fingerprint density at radius 2 is 2.00 bits per heavy atom. The van der Waals surface area contributed by atoms with E-state index in [1.54, 1.807) is 0 Å². The Labute approximate surface area is 154 Å². The zero-order valence-corrected chi connectivity index (χ0v) is 16.4. The molecule has 1 aromatic heterocycles. The van der Waals surface area contributed by atoms with E-state index in [1.165, 1.54) is 5.56 Å². The van der Waals surface area contributed by atoms with Crippen molar-refractivity contribution in [2.24, 2.45) is 0 Å². The zero-order valence-electron chi connectivity index (χ0n) is 14.9. The predicted molar refractivity (Wildman–Crippen MR) is 101 cm³/mol. The highest BCUT2D eigenvalue weighted by molar-refractivity contribution is 7.91. The Balaban J connectivity index is 1.76. The van der Waals surface area contributed by atoms with Gasteiger partial charge < -0.3 is 0 Å². The highest BCUT2D eigenvalue weighted by Crippen LogP contribution is 2.27. The van der Waals surface area contributed by atoms with E-state index < -0.39 is 9.84 Å². The number of hydrogen-bond acceptors (Lipinski definition) is 4. The van der Waals surface area contributed by atoms with Gasteiger partial charge in [0.05, 0.1) is 23.2 Å². The molecular formula is C18H24ClN3O2S. The summed E-state index contributed by atoms with van der Waals surface area (Å²) in [6, 6.07) is 7.82. The Morgan fingerprint density at radius 3 is 2.64 bits per heavy atom. The summed E-state index contributed by atoms with van der Waals surface area (Å²) in [4.78, 5) is 2.20. The van der Waals surface area contributed by atoms with Crippen molar-refractivity contribution < 1.29 is 8.42 Å². The molecule has 3 rings (SSSR count). The molecule has 0 bridgehead atoms. The maximum Gasteiger partial charge on any atom is 0.152 e. The number of benzene rings is 1. The number of aromatic nitrogens is 2. The Hall–Kier alpha value is -1.37. The summed E-state index contributed by atoms with van der Waals surface area (Å²) in [6.45, 7) is 5.53. The SMILES string of the molecule is Cc1nn([C@H]2CCS(=O)(=O)C2)c(C)c1CN(C)Cc1ccccc1Cl. The molecule has 0 unspecified atom stereocenters. The lowest BCUT2D eigenvalue weighted by Gasteiger charge is -2.18. The van der Waals surface area contributed by atoms with Crippen LogP contribution in [0.15, 0.2) is 24.3 Å². The van der Waals surface area contributed by atoms with Gasteiger partial charge in [-0.3, -0.25) is 9.58 Å². The molecule has 2 aromatic rings. The fourth-order valence-corrected chi connectivity index (χ4v) is 5.38. The largest absolute Gasteiger partial charge is 0.298 e. The summed E-state index contributed by atoms with van der Waals surface area (Å²) in [5.74, 6) is 0.460. The molecule has 0 N–H and O–H groups in total. The van der Waals surface area contributed by atoms with Gasteiger partial charge in [0.1, 0.15) is 0 Å². The Morgan fingerprint density at radius 1 is 1.28 bits per heavy atom. The molecular weight excluding hydrogens is 358 g/mol. The van der Waals surface area contributed by atoms with Gasteiger partial charge in [0.2, 0.25) is 0 Å². The molecule has 1 aromatic carbocycles. The van der Waals surface area contributed by atoms with Gasteiger partial charge in [0, 0.05) is 29.4 Å². The highest BCUT2D eigenvalue weighted by Gasteiger charge is 2.31. The normalized spacial score (nSPS) is 19.6. The van der Waals surface area contributed by atoms with Gasteiger partial charge in [-0.1, -0.05) is 29.8 Å². The molecule has 7 heteroatoms. The summed E-state index contributed by atoms with van der Waals surface area (Å²) < 4.78 is 25.5. The monoisotopic (exact) mass is 381 g/mol. The van der Waals surface area contributed by atoms with Crippen LogP contribution in [0.5, 0.6) is 0 Å². The van der Waals surface area contributed by atoms with Crippen LogP contribution in [0, 0.1) is 13.8 Å². The Bertz CT molecular complexity index is 876. The molecule has 0 amide bonds. The first-order valence-corrected chi connectivity index (χ1v) is 10.6. The van der Waals surface area contributed by atoms with Crippen molar-refractivity contribution in [3.05, 3.63) is 51.8 Å². The third kappa shape index (κ3) is 4.07. The van der Waals surface area contributed by atoms with Crippen LogP contribution in [-0.4, -0.2) is 41.7 Å². The van der Waals surface area contributed by atoms with Gasteiger partial charge in [-0.2, -0.15) is 5.10 Å². The smallest absolute Gasteiger partial charge is 0.152 e. The molecule has 1 aliphatic heterocycles. The molecule has 136 valence electrons. The van der Waals surface area contributed by atoms with Gasteiger partial charge >= 0.3 is 0 Å². The Kier molecular flexibility index (Phi) is 5.23. The van der Waals surface area contributed by atoms with E-state index in [-0.39, 0.29) is 17.5 Å². The summed E-state index contributed by atoms with van der Waals surface area (Å²) in [6.07, 6.45) is 0.652. The van der Waals surface area contributed by atoms with Gasteiger partial charge in [0.25, 0.3) is 0 Å². The average Bonchev–Trinajstić information content (AvgIpc) is 3.03. The van der Waals surface area contributed by atoms with E-state index in [4.69, 9.17) is 11.6 Å². The molecule has 0 radical (unpaired) electrons. The van der Waals surface area contributed by atoms with Crippen molar-refractivity contribution in [1.29, 1.82) is 0 Å². The molecule has 5 nitrogen and oxygen atoms in total. The average molecular weight is 382 g/mol. The van der Waals surface area contributed by atoms with E-state index in [0.717, 1.165) is 35.1 Å². The highest BCUT2D eigenvalue weighted by atomic mass is 35.5. The maximum absolute atomic E-state index is 11.8. The predicted octanol–water partition coefficient (Wildman–Crippen LogP) is 3.14. The molecule has 0 saturated carbocycles. The quantitative estimate of drug-likeness (QED) is 0.798. The van der Waals surface area contributed by atoms with E-state index >= 15 is 0 Å². The molecule has 25 heavy (non-hydrogen) atoms. The number of halogens is 1. The van der Waals surface area contributed by atoms with Crippen LogP contribution < -0.4 is 0 Å². The van der Waals surface area contributed by atoms with Gasteiger partial charge in [-0.15, -0.1) is 0 Å². The first-order valence-electron chi connectivity index (χ1n) is 8.44. The third-order valence-corrected chi connectivity index (χ3v) is 6.97. The van der Waals surface area contributed by atoms with Gasteiger partial charge in [0.15, 0.2) is 9.84 Å². The van der Waals surface area contributed by atoms with Crippen molar-refractivity contribution in [2.75, 3.05) is 18.6 Å². The van der Waals surface area contributed by atoms with Crippen LogP contribution >= 0.6 is 11.6 Å². The number of nitrogens with zero attached hydrogens (tertiary/aromatic N) is 3. The molecule has 1 atom stereocenters. The first-order chi connectivity index (χ1) is 11.8. The van der Waals surface area contributed by atoms with E-state index in [0.29, 0.717) is 6.42 Å². The van der Waals surface area contributed by atoms with Crippen LogP contribution in [0.2, 0.25) is 5.02 Å². The number of hydrogen-bond donors (Lipinski definition) is 0. The summed E-state index contributed by atoms with van der Waals surface area (Å²) >= 11 is 6.25. The van der Waals surface area contributed by atoms with Gasteiger partial charge in [-0.05, 0) is 38.9 Å². The lowest BCUT2D eigenvalue weighted by atomic mass is 10.1. The number of sulfone groups is 1. The third-order valence-electron chi connectivity index (χ3n) is 4.86. The molecule has 0 spiro atoms. The second kappa shape index (κ2) is 7.09. The van der Waals surface area contributed by atoms with Crippen LogP contribution in [0.25, 0.3) is 0 Å². The van der Waals surface area contributed by atoms with Crippen molar-refractivity contribution in [2.45, 2.75) is 39.4 Å².